The van der Waals surface area contributed by atoms with E-state index in [9.17, 15) is 0 Å². The molecule has 2 unspecified atom stereocenters. The van der Waals surface area contributed by atoms with Crippen LogP contribution >= 0.6 is 0 Å². The highest BCUT2D eigenvalue weighted by Crippen LogP contribution is 2.45. The van der Waals surface area contributed by atoms with Crippen molar-refractivity contribution in [2.45, 2.75) is 113 Å². The van der Waals surface area contributed by atoms with Gasteiger partial charge in [0.05, 0.1) is 0 Å². The minimum Gasteiger partial charge on any atom is -0.383 e. The van der Waals surface area contributed by atoms with Crippen LogP contribution in [0.25, 0.3) is 0 Å². The quantitative estimate of drug-likeness (QED) is 0.221. The molecule has 0 aromatic carbocycles. The van der Waals surface area contributed by atoms with Crippen molar-refractivity contribution in [2.75, 3.05) is 33.0 Å². The van der Waals surface area contributed by atoms with Gasteiger partial charge in [-0.05, 0) is 65.1 Å². The molecular formula is C24H56N2O4Si2. The molecule has 0 aliphatic heterocycles. The first kappa shape index (κ1) is 32.2. The van der Waals surface area contributed by atoms with E-state index in [1.54, 1.807) is 0 Å². The molecule has 1 aliphatic rings. The van der Waals surface area contributed by atoms with Crippen molar-refractivity contribution in [3.63, 3.8) is 0 Å². The average molecular weight is 493 g/mol. The average Bonchev–Trinajstić information content (AvgIpc) is 2.69. The maximum Gasteiger partial charge on any atom is 0.429 e. The zero-order valence-electron chi connectivity index (χ0n) is 23.0. The molecule has 0 aromatic heterocycles. The molecule has 8 heteroatoms. The van der Waals surface area contributed by atoms with E-state index < -0.39 is 17.4 Å². The van der Waals surface area contributed by atoms with Gasteiger partial charge in [0.1, 0.15) is 0 Å². The molecule has 1 fully saturated rings. The monoisotopic (exact) mass is 492 g/mol. The molecule has 0 radical (unpaired) electrons. The van der Waals surface area contributed by atoms with Crippen molar-refractivity contribution >= 4 is 17.4 Å². The topological polar surface area (TPSA) is 61.0 Å². The molecule has 0 heterocycles. The third-order valence-electron chi connectivity index (χ3n) is 6.01. The van der Waals surface area contributed by atoms with Gasteiger partial charge in [-0.1, -0.05) is 60.3 Å². The van der Waals surface area contributed by atoms with Crippen molar-refractivity contribution in [1.29, 1.82) is 0 Å². The molecule has 0 aromatic rings. The summed E-state index contributed by atoms with van der Waals surface area (Å²) in [5, 5.41) is 0. The number of hydrogen-bond acceptors (Lipinski definition) is 6. The summed E-state index contributed by atoms with van der Waals surface area (Å²) in [6, 6.07) is 0.408. The summed E-state index contributed by atoms with van der Waals surface area (Å²) >= 11 is 0. The maximum absolute atomic E-state index is 6.27. The second kappa shape index (κ2) is 17.6. The van der Waals surface area contributed by atoms with Gasteiger partial charge in [-0.25, -0.2) is 0 Å². The summed E-state index contributed by atoms with van der Waals surface area (Å²) in [7, 11) is -4.37. The number of unbranched alkanes of at least 4 members (excludes halogenated alkanes) is 1. The lowest BCUT2D eigenvalue weighted by molar-refractivity contribution is 0.124. The zero-order valence-corrected chi connectivity index (χ0v) is 25.0. The molecule has 32 heavy (non-hydrogen) atoms. The molecule has 0 saturated heterocycles. The van der Waals surface area contributed by atoms with Gasteiger partial charge in [-0.2, -0.15) is 0 Å². The van der Waals surface area contributed by atoms with Crippen LogP contribution in [-0.4, -0.2) is 56.5 Å². The summed E-state index contributed by atoms with van der Waals surface area (Å²) in [5.74, 6) is 1.39. The molecule has 1 saturated carbocycles. The smallest absolute Gasteiger partial charge is 0.383 e. The molecule has 1 aliphatic carbocycles. The Morgan fingerprint density at radius 1 is 0.812 bits per heavy atom. The molecule has 6 nitrogen and oxygen atoms in total. The lowest BCUT2D eigenvalue weighted by Crippen LogP contribution is -2.64. The number of rotatable bonds is 15. The summed E-state index contributed by atoms with van der Waals surface area (Å²) in [4.78, 5) is 7.11. The molecule has 2 N–H and O–H groups in total. The SMILES string of the molecule is CCCCN[Si](C)(OCC)OCC.CCO[Si](NC(C)C)(OCC)C1C(C)CCCC1C. The molecule has 0 bridgehead atoms. The summed E-state index contributed by atoms with van der Waals surface area (Å²) < 4.78 is 23.8. The molecule has 0 amide bonds. The lowest BCUT2D eigenvalue weighted by atomic mass is 9.83. The van der Waals surface area contributed by atoms with Gasteiger partial charge in [0.25, 0.3) is 0 Å². The van der Waals surface area contributed by atoms with Crippen LogP contribution in [0.5, 0.6) is 0 Å². The van der Waals surface area contributed by atoms with Crippen molar-refractivity contribution in [2.24, 2.45) is 11.8 Å². The van der Waals surface area contributed by atoms with Crippen LogP contribution in [0.3, 0.4) is 0 Å². The molecule has 1 rings (SSSR count). The highest BCUT2D eigenvalue weighted by Gasteiger charge is 2.52. The minimum absolute atomic E-state index is 0.408. The van der Waals surface area contributed by atoms with Crippen molar-refractivity contribution in [3.8, 4) is 0 Å². The van der Waals surface area contributed by atoms with Gasteiger partial charge in [-0.15, -0.1) is 0 Å². The van der Waals surface area contributed by atoms with E-state index in [1.165, 1.54) is 32.1 Å². The normalized spacial score (nSPS) is 22.0. The lowest BCUT2D eigenvalue weighted by Gasteiger charge is -2.46. The van der Waals surface area contributed by atoms with Crippen molar-refractivity contribution in [3.05, 3.63) is 0 Å². The maximum atomic E-state index is 6.27. The summed E-state index contributed by atoms with van der Waals surface area (Å²) in [6.07, 6.45) is 6.36. The largest absolute Gasteiger partial charge is 0.429 e. The first-order valence-corrected chi connectivity index (χ1v) is 17.4. The highest BCUT2D eigenvalue weighted by atomic mass is 28.4. The number of hydrogen-bond donors (Lipinski definition) is 2. The number of nitrogens with one attached hydrogen (secondary N) is 2. The third kappa shape index (κ3) is 11.6. The Morgan fingerprint density at radius 3 is 1.66 bits per heavy atom. The van der Waals surface area contributed by atoms with E-state index in [1.807, 2.05) is 13.8 Å². The van der Waals surface area contributed by atoms with Gasteiger partial charge in [0.2, 0.25) is 0 Å². The minimum atomic E-state index is -2.33. The summed E-state index contributed by atoms with van der Waals surface area (Å²) in [6.45, 7) is 25.5. The Labute approximate surface area is 202 Å². The van der Waals surface area contributed by atoms with E-state index in [2.05, 4.69) is 65.0 Å². The second-order valence-electron chi connectivity index (χ2n) is 9.34. The van der Waals surface area contributed by atoms with E-state index in [4.69, 9.17) is 17.7 Å². The van der Waals surface area contributed by atoms with Crippen LogP contribution < -0.4 is 9.96 Å². The van der Waals surface area contributed by atoms with Gasteiger partial charge < -0.3 is 17.7 Å². The molecule has 194 valence electrons. The van der Waals surface area contributed by atoms with Crippen LogP contribution in [0, 0.1) is 11.8 Å². The van der Waals surface area contributed by atoms with Gasteiger partial charge in [-0.3, -0.25) is 9.96 Å². The van der Waals surface area contributed by atoms with Crippen LogP contribution in [0.2, 0.25) is 12.1 Å². The molecular weight excluding hydrogens is 436 g/mol. The first-order chi connectivity index (χ1) is 15.1. The Bertz CT molecular complexity index is 436. The van der Waals surface area contributed by atoms with E-state index in [-0.39, 0.29) is 0 Å². The Hall–Kier alpha value is 0.194. The molecule has 2 atom stereocenters. The van der Waals surface area contributed by atoms with Crippen LogP contribution in [-0.2, 0) is 17.7 Å². The van der Waals surface area contributed by atoms with Crippen LogP contribution in [0.4, 0.5) is 0 Å². The van der Waals surface area contributed by atoms with Gasteiger partial charge in [0, 0.05) is 32.0 Å². The van der Waals surface area contributed by atoms with Crippen molar-refractivity contribution in [1.82, 2.24) is 9.96 Å². The van der Waals surface area contributed by atoms with Crippen LogP contribution in [0.15, 0.2) is 0 Å². The van der Waals surface area contributed by atoms with E-state index in [0.29, 0.717) is 23.4 Å². The standard InChI is InChI=1S/C15H33NO2Si.C9H23NO2Si/c1-7-17-19(18-8-2,16-12(3)4)15-13(5)10-9-11-14(15)6;1-5-8-9-10-13(4,11-6-2)12-7-3/h12-16H,7-11H2,1-6H3;10H,5-9H2,1-4H3. The fourth-order valence-electron chi connectivity index (χ4n) is 4.86. The fourth-order valence-corrected chi connectivity index (χ4v) is 11.2. The highest BCUT2D eigenvalue weighted by molar-refractivity contribution is 6.66. The van der Waals surface area contributed by atoms with E-state index in [0.717, 1.165) is 33.0 Å². The Morgan fingerprint density at radius 2 is 1.28 bits per heavy atom. The van der Waals surface area contributed by atoms with E-state index >= 15 is 0 Å². The summed E-state index contributed by atoms with van der Waals surface area (Å²) in [5.41, 5.74) is 0.559. The Balaban J connectivity index is 0.000000649. The van der Waals surface area contributed by atoms with Crippen molar-refractivity contribution < 1.29 is 17.7 Å². The van der Waals surface area contributed by atoms with Gasteiger partial charge >= 0.3 is 17.4 Å². The molecule has 0 spiro atoms. The predicted molar refractivity (Wildman–Crippen MR) is 141 cm³/mol. The second-order valence-corrected chi connectivity index (χ2v) is 15.0. The zero-order chi connectivity index (χ0) is 24.6. The van der Waals surface area contributed by atoms with Gasteiger partial charge in [0.15, 0.2) is 0 Å². The Kier molecular flexibility index (Phi) is 17.7. The fraction of sp³-hybridized carbons (Fsp3) is 1.00. The predicted octanol–water partition coefficient (Wildman–Crippen LogP) is 5.84. The van der Waals surface area contributed by atoms with Crippen LogP contribution in [0.1, 0.15) is 94.4 Å². The third-order valence-corrected chi connectivity index (χ3v) is 13.0. The first-order valence-electron chi connectivity index (χ1n) is 13.2.